The smallest absolute Gasteiger partial charge is 0.254 e. The molecule has 1 atom stereocenters. The zero-order valence-electron chi connectivity index (χ0n) is 22.0. The predicted octanol–water partition coefficient (Wildman–Crippen LogP) is 2.69. The number of benzene rings is 2. The standard InChI is InChI=1S/C27H27N9O4/c1-18(16-36-17-31-33-34-36)40-24-11-19(3-4-21(24)13-28)22-14-29-27(30-15-22)32-23-6-5-20(12-25(23)38-2)26(37)35-7-9-39-10-8-35/h3-6,11-12,14-15,17-18H,7-10,16H2,1-2H3,(H,29,30,32). The number of carbonyl (C=O) groups is 1. The van der Waals surface area contributed by atoms with Crippen LogP contribution in [0.1, 0.15) is 22.8 Å². The summed E-state index contributed by atoms with van der Waals surface area (Å²) in [5, 5.41) is 23.8. The van der Waals surface area contributed by atoms with E-state index < -0.39 is 0 Å². The number of methoxy groups -OCH3 is 1. The Hall–Kier alpha value is -5.09. The van der Waals surface area contributed by atoms with E-state index in [1.165, 1.54) is 6.33 Å². The number of tetrazole rings is 1. The van der Waals surface area contributed by atoms with Crippen molar-refractivity contribution < 1.29 is 19.0 Å². The van der Waals surface area contributed by atoms with E-state index in [0.29, 0.717) is 67.1 Å². The second kappa shape index (κ2) is 12.2. The molecule has 1 saturated heterocycles. The van der Waals surface area contributed by atoms with Crippen LogP contribution in [0.5, 0.6) is 11.5 Å². The summed E-state index contributed by atoms with van der Waals surface area (Å²) in [5.74, 6) is 1.23. The molecule has 1 aliphatic rings. The first kappa shape index (κ1) is 26.5. The lowest BCUT2D eigenvalue weighted by Crippen LogP contribution is -2.40. The minimum atomic E-state index is -0.279. The minimum absolute atomic E-state index is 0.0654. The van der Waals surface area contributed by atoms with Crippen molar-refractivity contribution in [3.05, 3.63) is 66.2 Å². The maximum Gasteiger partial charge on any atom is 0.254 e. The van der Waals surface area contributed by atoms with Gasteiger partial charge in [-0.2, -0.15) is 5.26 Å². The van der Waals surface area contributed by atoms with Crippen molar-refractivity contribution in [3.8, 4) is 28.7 Å². The molecule has 13 nitrogen and oxygen atoms in total. The van der Waals surface area contributed by atoms with Crippen molar-refractivity contribution >= 4 is 17.5 Å². The molecule has 3 heterocycles. The summed E-state index contributed by atoms with van der Waals surface area (Å²) in [5.41, 5.74) is 3.10. The van der Waals surface area contributed by atoms with Crippen molar-refractivity contribution in [1.29, 1.82) is 5.26 Å². The zero-order chi connectivity index (χ0) is 27.9. The molecule has 0 saturated carbocycles. The normalized spacial score (nSPS) is 13.8. The third kappa shape index (κ3) is 6.13. The number of rotatable bonds is 9. The Bertz CT molecular complexity index is 1500. The van der Waals surface area contributed by atoms with Crippen molar-refractivity contribution in [2.75, 3.05) is 38.7 Å². The van der Waals surface area contributed by atoms with Crippen molar-refractivity contribution in [2.24, 2.45) is 0 Å². The van der Waals surface area contributed by atoms with Crippen LogP contribution in [0.2, 0.25) is 0 Å². The molecule has 4 aromatic rings. The van der Waals surface area contributed by atoms with Crippen molar-refractivity contribution in [2.45, 2.75) is 19.6 Å². The van der Waals surface area contributed by atoms with Gasteiger partial charge >= 0.3 is 0 Å². The summed E-state index contributed by atoms with van der Waals surface area (Å²) >= 11 is 0. The number of nitrogens with zero attached hydrogens (tertiary/aromatic N) is 8. The van der Waals surface area contributed by atoms with Crippen LogP contribution in [0.3, 0.4) is 0 Å². The maximum atomic E-state index is 12.8. The fraction of sp³-hybridized carbons (Fsp3) is 0.296. The van der Waals surface area contributed by atoms with Gasteiger partial charge in [0.05, 0.1) is 38.1 Å². The zero-order valence-corrected chi connectivity index (χ0v) is 22.0. The van der Waals surface area contributed by atoms with E-state index in [-0.39, 0.29) is 12.0 Å². The maximum absolute atomic E-state index is 12.8. The number of amides is 1. The summed E-state index contributed by atoms with van der Waals surface area (Å²) in [6.45, 7) is 4.50. The van der Waals surface area contributed by atoms with Crippen LogP contribution in [-0.2, 0) is 11.3 Å². The van der Waals surface area contributed by atoms with E-state index in [0.717, 1.165) is 11.1 Å². The lowest BCUT2D eigenvalue weighted by molar-refractivity contribution is 0.0302. The molecule has 5 rings (SSSR count). The highest BCUT2D eigenvalue weighted by molar-refractivity contribution is 5.95. The number of hydrogen-bond acceptors (Lipinski definition) is 11. The van der Waals surface area contributed by atoms with Gasteiger partial charge in [0, 0.05) is 36.6 Å². The van der Waals surface area contributed by atoms with Crippen LogP contribution < -0.4 is 14.8 Å². The molecule has 1 amide bonds. The number of morpholine rings is 1. The highest BCUT2D eigenvalue weighted by atomic mass is 16.5. The molecule has 1 N–H and O–H groups in total. The van der Waals surface area contributed by atoms with Crippen LogP contribution in [0, 0.1) is 11.3 Å². The van der Waals surface area contributed by atoms with Gasteiger partial charge in [0.1, 0.15) is 30.0 Å². The first-order valence-electron chi connectivity index (χ1n) is 12.6. The Balaban J connectivity index is 1.29. The molecule has 0 spiro atoms. The van der Waals surface area contributed by atoms with Gasteiger partial charge in [-0.25, -0.2) is 14.6 Å². The highest BCUT2D eigenvalue weighted by Gasteiger charge is 2.20. The topological polar surface area (TPSA) is 153 Å². The predicted molar refractivity (Wildman–Crippen MR) is 143 cm³/mol. The summed E-state index contributed by atoms with van der Waals surface area (Å²) in [6.07, 6.45) is 4.57. The molecular formula is C27H27N9O4. The lowest BCUT2D eigenvalue weighted by atomic mass is 10.1. The van der Waals surface area contributed by atoms with E-state index in [4.69, 9.17) is 14.2 Å². The molecule has 2 aromatic carbocycles. The number of anilines is 2. The first-order valence-corrected chi connectivity index (χ1v) is 12.6. The van der Waals surface area contributed by atoms with Crippen molar-refractivity contribution in [3.63, 3.8) is 0 Å². The van der Waals surface area contributed by atoms with Gasteiger partial charge in [0.25, 0.3) is 5.91 Å². The number of hydrogen-bond donors (Lipinski definition) is 1. The average molecular weight is 542 g/mol. The summed E-state index contributed by atoms with van der Waals surface area (Å²) in [6, 6.07) is 12.7. The number of ether oxygens (including phenoxy) is 3. The van der Waals surface area contributed by atoms with Gasteiger partial charge in [-0.3, -0.25) is 4.79 Å². The first-order chi connectivity index (χ1) is 19.5. The molecule has 0 radical (unpaired) electrons. The molecule has 1 unspecified atom stereocenters. The monoisotopic (exact) mass is 541 g/mol. The van der Waals surface area contributed by atoms with Gasteiger partial charge in [0.15, 0.2) is 0 Å². The van der Waals surface area contributed by atoms with Crippen molar-refractivity contribution in [1.82, 2.24) is 35.1 Å². The van der Waals surface area contributed by atoms with E-state index in [1.807, 2.05) is 13.0 Å². The molecule has 40 heavy (non-hydrogen) atoms. The Morgan fingerprint density at radius 2 is 1.93 bits per heavy atom. The Labute approximate surface area is 230 Å². The molecule has 0 bridgehead atoms. The molecule has 2 aromatic heterocycles. The average Bonchev–Trinajstić information content (AvgIpc) is 3.50. The molecule has 1 fully saturated rings. The van der Waals surface area contributed by atoms with Gasteiger partial charge in [-0.05, 0) is 53.2 Å². The number of carbonyl (C=O) groups excluding carboxylic acids is 1. The highest BCUT2D eigenvalue weighted by Crippen LogP contribution is 2.30. The van der Waals surface area contributed by atoms with Crippen LogP contribution in [-0.4, -0.2) is 80.5 Å². The SMILES string of the molecule is COc1cc(C(=O)N2CCOCC2)ccc1Nc1ncc(-c2ccc(C#N)c(OC(C)Cn3cnnn3)c2)cn1. The third-order valence-electron chi connectivity index (χ3n) is 6.24. The minimum Gasteiger partial charge on any atom is -0.495 e. The van der Waals surface area contributed by atoms with Gasteiger partial charge in [0.2, 0.25) is 5.95 Å². The van der Waals surface area contributed by atoms with E-state index in [1.54, 1.807) is 59.4 Å². The van der Waals surface area contributed by atoms with Crippen LogP contribution in [0.4, 0.5) is 11.6 Å². The Kier molecular flexibility index (Phi) is 8.07. The van der Waals surface area contributed by atoms with Gasteiger partial charge < -0.3 is 24.4 Å². The number of nitrogens with one attached hydrogen (secondary N) is 1. The number of nitriles is 1. The summed E-state index contributed by atoms with van der Waals surface area (Å²) in [4.78, 5) is 23.5. The fourth-order valence-electron chi connectivity index (χ4n) is 4.21. The van der Waals surface area contributed by atoms with Gasteiger partial charge in [-0.1, -0.05) is 6.07 Å². The molecule has 204 valence electrons. The van der Waals surface area contributed by atoms with Gasteiger partial charge in [-0.15, -0.1) is 5.10 Å². The van der Waals surface area contributed by atoms with E-state index in [9.17, 15) is 10.1 Å². The Morgan fingerprint density at radius 3 is 2.62 bits per heavy atom. The largest absolute Gasteiger partial charge is 0.495 e. The molecule has 0 aliphatic carbocycles. The lowest BCUT2D eigenvalue weighted by Gasteiger charge is -2.27. The summed E-state index contributed by atoms with van der Waals surface area (Å²) < 4.78 is 18.4. The Morgan fingerprint density at radius 1 is 1.12 bits per heavy atom. The number of aromatic nitrogens is 6. The second-order valence-corrected chi connectivity index (χ2v) is 9.02. The fourth-order valence-corrected chi connectivity index (χ4v) is 4.21. The van der Waals surface area contributed by atoms with E-state index in [2.05, 4.69) is 36.9 Å². The molecule has 1 aliphatic heterocycles. The van der Waals surface area contributed by atoms with Crippen LogP contribution in [0.25, 0.3) is 11.1 Å². The van der Waals surface area contributed by atoms with Crippen LogP contribution in [0.15, 0.2) is 55.1 Å². The molecular weight excluding hydrogens is 514 g/mol. The summed E-state index contributed by atoms with van der Waals surface area (Å²) in [7, 11) is 1.54. The third-order valence-corrected chi connectivity index (χ3v) is 6.24. The molecule has 13 heteroatoms. The second-order valence-electron chi connectivity index (χ2n) is 9.02. The van der Waals surface area contributed by atoms with Crippen LogP contribution >= 0.6 is 0 Å². The quantitative estimate of drug-likeness (QED) is 0.333. The van der Waals surface area contributed by atoms with E-state index >= 15 is 0 Å².